The summed E-state index contributed by atoms with van der Waals surface area (Å²) in [6, 6.07) is 0. The predicted octanol–water partition coefficient (Wildman–Crippen LogP) is 13.7. The van der Waals surface area contributed by atoms with E-state index in [1.54, 1.807) is 0 Å². The van der Waals surface area contributed by atoms with Crippen LogP contribution in [0.4, 0.5) is 0 Å². The van der Waals surface area contributed by atoms with Crippen molar-refractivity contribution in [3.05, 3.63) is 0 Å². The summed E-state index contributed by atoms with van der Waals surface area (Å²) in [7, 11) is 0. The minimum Gasteiger partial charge on any atom is -1.00 e. The molecule has 0 unspecified atom stereocenters. The predicted molar refractivity (Wildman–Crippen MR) is 218 cm³/mol. The minimum atomic E-state index is 0. The molecule has 0 saturated carbocycles. The van der Waals surface area contributed by atoms with Crippen LogP contribution in [0.1, 0.15) is 272 Å². The van der Waals surface area contributed by atoms with Crippen molar-refractivity contribution in [1.29, 1.82) is 0 Å². The number of halogens is 1. The van der Waals surface area contributed by atoms with E-state index in [0.717, 1.165) is 0 Å². The zero-order chi connectivity index (χ0) is 34.2. The van der Waals surface area contributed by atoms with Gasteiger partial charge in [0.25, 0.3) is 0 Å². The Labute approximate surface area is 324 Å². The molecule has 0 N–H and O–H groups in total. The van der Waals surface area contributed by atoms with Crippen molar-refractivity contribution in [2.75, 3.05) is 26.2 Å². The van der Waals surface area contributed by atoms with Crippen LogP contribution >= 0.6 is 0 Å². The first kappa shape index (κ1) is 50.8. The van der Waals surface area contributed by atoms with Crippen LogP contribution in [-0.2, 0) is 0 Å². The van der Waals surface area contributed by atoms with E-state index < -0.39 is 0 Å². The van der Waals surface area contributed by atoms with Gasteiger partial charge in [0.1, 0.15) is 0 Å². The smallest absolute Gasteiger partial charge is 0.0786 e. The van der Waals surface area contributed by atoms with Crippen molar-refractivity contribution in [3.63, 3.8) is 0 Å². The molecule has 0 aromatic rings. The molecule has 0 fully saturated rings. The van der Waals surface area contributed by atoms with Gasteiger partial charge in [-0.2, -0.15) is 0 Å². The van der Waals surface area contributed by atoms with E-state index in [2.05, 4.69) is 27.7 Å². The van der Waals surface area contributed by atoms with Gasteiger partial charge < -0.3 is 28.5 Å². The molecule has 0 atom stereocenters. The molecular formula is C46H96IN. The maximum Gasteiger partial charge on any atom is 0.0786 e. The summed E-state index contributed by atoms with van der Waals surface area (Å²) in [6.07, 6.45) is 55.7. The molecule has 0 rings (SSSR count). The summed E-state index contributed by atoms with van der Waals surface area (Å²) >= 11 is 0. The Morgan fingerprint density at radius 1 is 0.188 bits per heavy atom. The van der Waals surface area contributed by atoms with Crippen LogP contribution in [0.5, 0.6) is 0 Å². The maximum atomic E-state index is 2.34. The highest BCUT2D eigenvalue weighted by atomic mass is 127. The number of quaternary nitrogens is 1. The molecule has 2 heteroatoms. The summed E-state index contributed by atoms with van der Waals surface area (Å²) in [5, 5.41) is 0. The van der Waals surface area contributed by atoms with Gasteiger partial charge in [0.05, 0.1) is 26.2 Å². The van der Waals surface area contributed by atoms with Crippen molar-refractivity contribution >= 4 is 0 Å². The van der Waals surface area contributed by atoms with Crippen LogP contribution in [0.3, 0.4) is 0 Å². The monoisotopic (exact) mass is 790 g/mol. The average Bonchev–Trinajstić information content (AvgIpc) is 3.08. The highest BCUT2D eigenvalue weighted by Crippen LogP contribution is 2.21. The lowest BCUT2D eigenvalue weighted by Gasteiger charge is -2.40. The Hall–Kier alpha value is 0.690. The third kappa shape index (κ3) is 37.9. The van der Waals surface area contributed by atoms with E-state index in [-0.39, 0.29) is 24.0 Å². The van der Waals surface area contributed by atoms with E-state index in [0.29, 0.717) is 0 Å². The van der Waals surface area contributed by atoms with Gasteiger partial charge >= 0.3 is 0 Å². The standard InChI is InChI=1S/C46H96N.HI/c1-5-9-13-17-21-25-26-27-28-29-30-34-38-42-46-47(43-39-35-31-22-18-14-10-6-2,44-40-36-32-23-19-15-11-7-3)45-41-37-33-24-20-16-12-8-4;/h5-46H2,1-4H3;1H/q+1;/p-1. The zero-order valence-electron chi connectivity index (χ0n) is 34.5. The van der Waals surface area contributed by atoms with Gasteiger partial charge in [-0.25, -0.2) is 0 Å². The third-order valence-corrected chi connectivity index (χ3v) is 11.4. The fraction of sp³-hybridized carbons (Fsp3) is 1.00. The summed E-state index contributed by atoms with van der Waals surface area (Å²) < 4.78 is 1.49. The van der Waals surface area contributed by atoms with Gasteiger partial charge in [0.15, 0.2) is 0 Å². The molecule has 0 radical (unpaired) electrons. The van der Waals surface area contributed by atoms with Gasteiger partial charge in [0, 0.05) is 0 Å². The number of hydrogen-bond donors (Lipinski definition) is 0. The number of hydrogen-bond acceptors (Lipinski definition) is 0. The molecule has 0 bridgehead atoms. The fourth-order valence-corrected chi connectivity index (χ4v) is 8.06. The molecule has 1 nitrogen and oxygen atoms in total. The van der Waals surface area contributed by atoms with E-state index >= 15 is 0 Å². The second kappa shape index (κ2) is 43.9. The van der Waals surface area contributed by atoms with Crippen molar-refractivity contribution in [3.8, 4) is 0 Å². The lowest BCUT2D eigenvalue weighted by Crippen LogP contribution is -3.00. The Kier molecular flexibility index (Phi) is 46.4. The Morgan fingerprint density at radius 2 is 0.312 bits per heavy atom. The van der Waals surface area contributed by atoms with Crippen LogP contribution in [0, 0.1) is 0 Å². The maximum absolute atomic E-state index is 2.34. The Bertz CT molecular complexity index is 498. The van der Waals surface area contributed by atoms with E-state index in [1.165, 1.54) is 275 Å². The highest BCUT2D eigenvalue weighted by Gasteiger charge is 2.25. The van der Waals surface area contributed by atoms with Crippen LogP contribution in [0.2, 0.25) is 0 Å². The van der Waals surface area contributed by atoms with E-state index in [1.807, 2.05) is 0 Å². The van der Waals surface area contributed by atoms with E-state index in [9.17, 15) is 0 Å². The molecule has 0 heterocycles. The van der Waals surface area contributed by atoms with Gasteiger partial charge in [-0.05, 0) is 51.4 Å². The normalized spacial score (nSPS) is 11.8. The van der Waals surface area contributed by atoms with Gasteiger partial charge in [-0.15, -0.1) is 0 Å². The van der Waals surface area contributed by atoms with E-state index in [4.69, 9.17) is 0 Å². The minimum absolute atomic E-state index is 0. The summed E-state index contributed by atoms with van der Waals surface area (Å²) in [5.41, 5.74) is 0. The topological polar surface area (TPSA) is 0 Å². The molecule has 0 aliphatic carbocycles. The molecule has 0 aromatic heterocycles. The summed E-state index contributed by atoms with van der Waals surface area (Å²) in [4.78, 5) is 0. The van der Waals surface area contributed by atoms with Crippen LogP contribution in [0.25, 0.3) is 0 Å². The molecule has 0 amide bonds. The molecule has 0 aliphatic rings. The van der Waals surface area contributed by atoms with Gasteiger partial charge in [-0.1, -0.05) is 220 Å². The molecule has 0 spiro atoms. The van der Waals surface area contributed by atoms with Crippen LogP contribution in [0.15, 0.2) is 0 Å². The Morgan fingerprint density at radius 3 is 0.458 bits per heavy atom. The van der Waals surface area contributed by atoms with Crippen LogP contribution < -0.4 is 24.0 Å². The molecule has 0 aliphatic heterocycles. The van der Waals surface area contributed by atoms with Crippen molar-refractivity contribution in [2.45, 2.75) is 272 Å². The molecule has 0 aromatic carbocycles. The van der Waals surface area contributed by atoms with Gasteiger partial charge in [-0.3, -0.25) is 0 Å². The lowest BCUT2D eigenvalue weighted by atomic mass is 10.0. The van der Waals surface area contributed by atoms with Crippen molar-refractivity contribution in [2.24, 2.45) is 0 Å². The quantitative estimate of drug-likeness (QED) is 0.0328. The first-order chi connectivity index (χ1) is 23.2. The van der Waals surface area contributed by atoms with Crippen molar-refractivity contribution < 1.29 is 28.5 Å². The first-order valence-electron chi connectivity index (χ1n) is 23.1. The average molecular weight is 790 g/mol. The largest absolute Gasteiger partial charge is 1.00 e. The zero-order valence-corrected chi connectivity index (χ0v) is 36.7. The Balaban J connectivity index is 0. The van der Waals surface area contributed by atoms with Gasteiger partial charge in [0.2, 0.25) is 0 Å². The number of nitrogens with zero attached hydrogens (tertiary/aromatic N) is 1. The fourth-order valence-electron chi connectivity index (χ4n) is 8.06. The number of unbranched alkanes of at least 4 members (excludes halogenated alkanes) is 34. The second-order valence-electron chi connectivity index (χ2n) is 16.3. The number of rotatable bonds is 42. The van der Waals surface area contributed by atoms with Crippen molar-refractivity contribution in [1.82, 2.24) is 0 Å². The van der Waals surface area contributed by atoms with Crippen LogP contribution in [-0.4, -0.2) is 30.7 Å². The molecule has 0 saturated heterocycles. The molecule has 48 heavy (non-hydrogen) atoms. The third-order valence-electron chi connectivity index (χ3n) is 11.4. The summed E-state index contributed by atoms with van der Waals surface area (Å²) in [5.74, 6) is 0. The highest BCUT2D eigenvalue weighted by molar-refractivity contribution is 4.56. The molecule has 292 valence electrons. The molecular weight excluding hydrogens is 693 g/mol. The SMILES string of the molecule is CCCCCCCCCCCCCCCC[N+](CCCCCCCCCC)(CCCCCCCCCC)CCCCCCCCCC.[I-]. The second-order valence-corrected chi connectivity index (χ2v) is 16.3. The first-order valence-corrected chi connectivity index (χ1v) is 23.1. The summed E-state index contributed by atoms with van der Waals surface area (Å²) in [6.45, 7) is 15.3. The lowest BCUT2D eigenvalue weighted by molar-refractivity contribution is -0.929.